The molecule has 0 radical (unpaired) electrons. The van der Waals surface area contributed by atoms with Gasteiger partial charge in [0.1, 0.15) is 11.3 Å². The number of guanidine groups is 1. The van der Waals surface area contributed by atoms with Crippen LogP contribution in [0.5, 0.6) is 5.75 Å². The summed E-state index contributed by atoms with van der Waals surface area (Å²) in [6.07, 6.45) is 0. The Morgan fingerprint density at radius 1 is 1.32 bits per heavy atom. The molecule has 0 spiro atoms. The number of benzene rings is 1. The van der Waals surface area contributed by atoms with Gasteiger partial charge in [-0.25, -0.2) is 9.79 Å². The first-order valence-electron chi connectivity index (χ1n) is 9.93. The molecule has 156 valence electrons. The summed E-state index contributed by atoms with van der Waals surface area (Å²) in [4.78, 5) is 19.0. The highest BCUT2D eigenvalue weighted by molar-refractivity contribution is 5.92. The number of methoxy groups -OCH3 is 2. The average molecular weight is 391 g/mol. The smallest absolute Gasteiger partial charge is 0.341 e. The lowest BCUT2D eigenvalue weighted by Crippen LogP contribution is -2.46. The second-order valence-electron chi connectivity index (χ2n) is 7.50. The Kier molecular flexibility index (Phi) is 8.11. The minimum absolute atomic E-state index is 0.372. The minimum atomic E-state index is -0.410. The van der Waals surface area contributed by atoms with Crippen molar-refractivity contribution >= 4 is 11.9 Å². The molecule has 2 unspecified atom stereocenters. The van der Waals surface area contributed by atoms with Crippen molar-refractivity contribution < 1.29 is 14.3 Å². The van der Waals surface area contributed by atoms with Gasteiger partial charge in [0.15, 0.2) is 5.96 Å². The minimum Gasteiger partial charge on any atom is -0.496 e. The molecule has 0 bridgehead atoms. The normalized spacial score (nSPS) is 20.3. The van der Waals surface area contributed by atoms with Crippen LogP contribution in [0, 0.1) is 5.92 Å². The number of carbonyl (C=O) groups is 1. The van der Waals surface area contributed by atoms with Crippen LogP contribution in [-0.4, -0.2) is 62.8 Å². The average Bonchev–Trinajstić information content (AvgIpc) is 3.06. The van der Waals surface area contributed by atoms with Crippen LogP contribution < -0.4 is 15.4 Å². The van der Waals surface area contributed by atoms with Crippen LogP contribution in [0.2, 0.25) is 0 Å². The summed E-state index contributed by atoms with van der Waals surface area (Å²) in [6.45, 7) is 12.2. The predicted molar refractivity (Wildman–Crippen MR) is 112 cm³/mol. The number of hydrogen-bond acceptors (Lipinski definition) is 5. The van der Waals surface area contributed by atoms with Crippen molar-refractivity contribution in [3.63, 3.8) is 0 Å². The summed E-state index contributed by atoms with van der Waals surface area (Å²) < 4.78 is 10.1. The molecule has 0 saturated carbocycles. The third-order valence-electron chi connectivity index (χ3n) is 5.13. The summed E-state index contributed by atoms with van der Waals surface area (Å²) in [6, 6.07) is 6.35. The van der Waals surface area contributed by atoms with E-state index in [2.05, 4.69) is 43.2 Å². The summed E-state index contributed by atoms with van der Waals surface area (Å²) >= 11 is 0. The van der Waals surface area contributed by atoms with Gasteiger partial charge in [0.05, 0.1) is 20.8 Å². The molecule has 28 heavy (non-hydrogen) atoms. The van der Waals surface area contributed by atoms with Crippen LogP contribution in [0.25, 0.3) is 0 Å². The Bertz CT molecular complexity index is 690. The predicted octanol–water partition coefficient (Wildman–Crippen LogP) is 2.27. The standard InChI is InChI=1S/C21H34N4O3/c1-7-22-21(24-18-13-25(14(2)3)12-15(18)4)23-11-16-8-9-17(20(26)28-6)19(10-16)27-5/h8-10,14-15,18H,7,11-13H2,1-6H3,(H2,22,23,24). The second kappa shape index (κ2) is 10.3. The third-order valence-corrected chi connectivity index (χ3v) is 5.13. The van der Waals surface area contributed by atoms with Gasteiger partial charge in [-0.2, -0.15) is 0 Å². The van der Waals surface area contributed by atoms with E-state index < -0.39 is 5.97 Å². The van der Waals surface area contributed by atoms with E-state index >= 15 is 0 Å². The highest BCUT2D eigenvalue weighted by Gasteiger charge is 2.31. The molecule has 2 atom stereocenters. The number of esters is 1. The lowest BCUT2D eigenvalue weighted by atomic mass is 10.1. The first-order valence-corrected chi connectivity index (χ1v) is 9.93. The molecule has 2 rings (SSSR count). The largest absolute Gasteiger partial charge is 0.496 e. The molecule has 1 saturated heterocycles. The molecular weight excluding hydrogens is 356 g/mol. The van der Waals surface area contributed by atoms with Gasteiger partial charge >= 0.3 is 5.97 Å². The number of hydrogen-bond donors (Lipinski definition) is 2. The maximum absolute atomic E-state index is 11.8. The zero-order chi connectivity index (χ0) is 20.7. The van der Waals surface area contributed by atoms with Crippen LogP contribution in [-0.2, 0) is 11.3 Å². The second-order valence-corrected chi connectivity index (χ2v) is 7.50. The highest BCUT2D eigenvalue weighted by atomic mass is 16.5. The molecule has 7 nitrogen and oxygen atoms in total. The first kappa shape index (κ1) is 22.0. The van der Waals surface area contributed by atoms with Crippen molar-refractivity contribution in [1.29, 1.82) is 0 Å². The van der Waals surface area contributed by atoms with Crippen molar-refractivity contribution in [1.82, 2.24) is 15.5 Å². The van der Waals surface area contributed by atoms with Gasteiger partial charge in [0, 0.05) is 31.7 Å². The van der Waals surface area contributed by atoms with Gasteiger partial charge in [-0.15, -0.1) is 0 Å². The summed E-state index contributed by atoms with van der Waals surface area (Å²) in [5.74, 6) is 1.45. The van der Waals surface area contributed by atoms with Gasteiger partial charge in [-0.05, 0) is 44.4 Å². The molecule has 0 aliphatic carbocycles. The van der Waals surface area contributed by atoms with Gasteiger partial charge in [-0.3, -0.25) is 4.90 Å². The Labute approximate surface area is 168 Å². The fraction of sp³-hybridized carbons (Fsp3) is 0.619. The third kappa shape index (κ3) is 5.61. The van der Waals surface area contributed by atoms with E-state index in [1.807, 2.05) is 12.1 Å². The van der Waals surface area contributed by atoms with Crippen LogP contribution in [0.15, 0.2) is 23.2 Å². The molecule has 1 fully saturated rings. The molecule has 1 aliphatic rings. The number of rotatable bonds is 7. The molecule has 7 heteroatoms. The number of ether oxygens (including phenoxy) is 2. The van der Waals surface area contributed by atoms with E-state index in [0.29, 0.717) is 35.9 Å². The molecule has 1 heterocycles. The van der Waals surface area contributed by atoms with Crippen molar-refractivity contribution in [2.75, 3.05) is 33.9 Å². The molecule has 0 aromatic heterocycles. The monoisotopic (exact) mass is 390 g/mol. The molecule has 0 amide bonds. The number of likely N-dealkylation sites (tertiary alicyclic amines) is 1. The maximum atomic E-state index is 11.8. The van der Waals surface area contributed by atoms with Gasteiger partial charge in [0.25, 0.3) is 0 Å². The van der Waals surface area contributed by atoms with Crippen LogP contribution >= 0.6 is 0 Å². The maximum Gasteiger partial charge on any atom is 0.341 e. The van der Waals surface area contributed by atoms with Crippen LogP contribution in [0.3, 0.4) is 0 Å². The molecule has 1 aromatic rings. The molecule has 2 N–H and O–H groups in total. The SMILES string of the molecule is CCNC(=NCc1ccc(C(=O)OC)c(OC)c1)NC1CN(C(C)C)CC1C. The van der Waals surface area contributed by atoms with Gasteiger partial charge < -0.3 is 20.1 Å². The summed E-state index contributed by atoms with van der Waals surface area (Å²) in [5, 5.41) is 6.91. The van der Waals surface area contributed by atoms with Crippen molar-refractivity contribution in [2.45, 2.75) is 46.3 Å². The van der Waals surface area contributed by atoms with Crippen LogP contribution in [0.4, 0.5) is 0 Å². The quantitative estimate of drug-likeness (QED) is 0.423. The van der Waals surface area contributed by atoms with E-state index in [0.717, 1.165) is 31.2 Å². The number of carbonyl (C=O) groups excluding carboxylic acids is 1. The van der Waals surface area contributed by atoms with Crippen LogP contribution in [0.1, 0.15) is 43.6 Å². The summed E-state index contributed by atoms with van der Waals surface area (Å²) in [5.41, 5.74) is 1.38. The first-order chi connectivity index (χ1) is 13.4. The van der Waals surface area contributed by atoms with E-state index in [9.17, 15) is 4.79 Å². The zero-order valence-electron chi connectivity index (χ0n) is 17.9. The fourth-order valence-electron chi connectivity index (χ4n) is 3.39. The number of nitrogens with one attached hydrogen (secondary N) is 2. The lowest BCUT2D eigenvalue weighted by molar-refractivity contribution is 0.0597. The Balaban J connectivity index is 2.09. The topological polar surface area (TPSA) is 75.2 Å². The van der Waals surface area contributed by atoms with Gasteiger partial charge in [0.2, 0.25) is 0 Å². The Morgan fingerprint density at radius 2 is 2.07 bits per heavy atom. The summed E-state index contributed by atoms with van der Waals surface area (Å²) in [7, 11) is 2.90. The molecule has 1 aliphatic heterocycles. The molecular formula is C21H34N4O3. The Morgan fingerprint density at radius 3 is 2.64 bits per heavy atom. The van der Waals surface area contributed by atoms with E-state index in [1.165, 1.54) is 7.11 Å². The van der Waals surface area contributed by atoms with E-state index in [4.69, 9.17) is 14.5 Å². The molecule has 1 aromatic carbocycles. The van der Waals surface area contributed by atoms with Crippen molar-refractivity contribution in [3.05, 3.63) is 29.3 Å². The van der Waals surface area contributed by atoms with Crippen molar-refractivity contribution in [2.24, 2.45) is 10.9 Å². The number of aliphatic imine (C=N–C) groups is 1. The van der Waals surface area contributed by atoms with Gasteiger partial charge in [-0.1, -0.05) is 13.0 Å². The number of nitrogens with zero attached hydrogens (tertiary/aromatic N) is 2. The highest BCUT2D eigenvalue weighted by Crippen LogP contribution is 2.22. The Hall–Kier alpha value is -2.28. The van der Waals surface area contributed by atoms with E-state index in [1.54, 1.807) is 13.2 Å². The fourth-order valence-corrected chi connectivity index (χ4v) is 3.39. The van der Waals surface area contributed by atoms with E-state index in [-0.39, 0.29) is 0 Å². The van der Waals surface area contributed by atoms with Crippen molar-refractivity contribution in [3.8, 4) is 5.75 Å². The lowest BCUT2D eigenvalue weighted by Gasteiger charge is -2.22. The zero-order valence-corrected chi connectivity index (χ0v) is 17.9.